The van der Waals surface area contributed by atoms with Gasteiger partial charge in [0.25, 0.3) is 0 Å². The van der Waals surface area contributed by atoms with Crippen molar-refractivity contribution in [3.8, 4) is 0 Å². The molecule has 1 unspecified atom stereocenters. The summed E-state index contributed by atoms with van der Waals surface area (Å²) in [6, 6.07) is 5.94. The lowest BCUT2D eigenvalue weighted by atomic mass is 10.3. The number of benzene rings is 1. The number of nitrogens with one attached hydrogen (secondary N) is 1. The molecule has 1 atom stereocenters. The lowest BCUT2D eigenvalue weighted by molar-refractivity contribution is -0.121. The number of ether oxygens (including phenoxy) is 1. The fourth-order valence-electron chi connectivity index (χ4n) is 2.08. The molecule has 0 bridgehead atoms. The van der Waals surface area contributed by atoms with E-state index >= 15 is 0 Å². The van der Waals surface area contributed by atoms with E-state index < -0.39 is 0 Å². The van der Waals surface area contributed by atoms with Crippen LogP contribution in [-0.2, 0) is 16.1 Å². The highest BCUT2D eigenvalue weighted by Crippen LogP contribution is 2.25. The molecule has 5 nitrogen and oxygen atoms in total. The van der Waals surface area contributed by atoms with E-state index in [0.29, 0.717) is 19.0 Å². The van der Waals surface area contributed by atoms with Gasteiger partial charge >= 0.3 is 0 Å². The number of methoxy groups -OCH3 is 1. The van der Waals surface area contributed by atoms with Crippen LogP contribution in [0.3, 0.4) is 0 Å². The molecule has 0 saturated heterocycles. The van der Waals surface area contributed by atoms with Gasteiger partial charge in [-0.2, -0.15) is 0 Å². The Bertz CT molecular complexity index is 642. The van der Waals surface area contributed by atoms with E-state index in [1.165, 1.54) is 0 Å². The summed E-state index contributed by atoms with van der Waals surface area (Å²) in [5, 5.41) is 2.54. The second-order valence-corrected chi connectivity index (χ2v) is 6.55. The van der Waals surface area contributed by atoms with Crippen LogP contribution in [0, 0.1) is 3.57 Å². The second kappa shape index (κ2) is 7.42. The zero-order valence-electron chi connectivity index (χ0n) is 11.9. The van der Waals surface area contributed by atoms with E-state index in [1.807, 2.05) is 29.7 Å². The molecule has 21 heavy (non-hydrogen) atoms. The smallest absolute Gasteiger partial charge is 0.240 e. The lowest BCUT2D eigenvalue weighted by Crippen LogP contribution is -2.30. The summed E-state index contributed by atoms with van der Waals surface area (Å²) >= 11 is 8.43. The average molecular weight is 422 g/mol. The van der Waals surface area contributed by atoms with E-state index in [-0.39, 0.29) is 17.8 Å². The Kier molecular flexibility index (Phi) is 5.83. The molecule has 1 aromatic carbocycles. The third-order valence-corrected chi connectivity index (χ3v) is 3.89. The Morgan fingerprint density at radius 1 is 1.57 bits per heavy atom. The number of imidazole rings is 1. The first kappa shape index (κ1) is 16.5. The van der Waals surface area contributed by atoms with Gasteiger partial charge in [-0.1, -0.05) is 0 Å². The summed E-state index contributed by atoms with van der Waals surface area (Å²) in [7, 11) is 1.60. The highest BCUT2D eigenvalue weighted by Gasteiger charge is 2.17. The molecule has 0 fully saturated rings. The number of halogens is 2. The van der Waals surface area contributed by atoms with Crippen LogP contribution in [0.5, 0.6) is 0 Å². The van der Waals surface area contributed by atoms with Crippen molar-refractivity contribution in [1.29, 1.82) is 0 Å². The number of carbonyl (C=O) groups is 1. The van der Waals surface area contributed by atoms with Crippen LogP contribution < -0.4 is 5.32 Å². The van der Waals surface area contributed by atoms with E-state index in [4.69, 9.17) is 16.3 Å². The molecule has 1 heterocycles. The number of fused-ring (bicyclic) bond motifs is 1. The summed E-state index contributed by atoms with van der Waals surface area (Å²) in [6.07, 6.45) is 0. The minimum absolute atomic E-state index is 0.0801. The molecule has 7 heteroatoms. The van der Waals surface area contributed by atoms with Gasteiger partial charge in [-0.15, -0.1) is 11.6 Å². The van der Waals surface area contributed by atoms with Gasteiger partial charge < -0.3 is 14.6 Å². The zero-order valence-corrected chi connectivity index (χ0v) is 14.8. The molecule has 1 aromatic heterocycles. The van der Waals surface area contributed by atoms with Gasteiger partial charge in [-0.05, 0) is 47.7 Å². The Labute approximate surface area is 142 Å². The van der Waals surface area contributed by atoms with Crippen LogP contribution in [0.4, 0.5) is 0 Å². The predicted molar refractivity (Wildman–Crippen MR) is 91.6 cm³/mol. The first-order chi connectivity index (χ1) is 10.0. The number of rotatable bonds is 6. The van der Waals surface area contributed by atoms with Crippen LogP contribution in [0.1, 0.15) is 18.1 Å². The quantitative estimate of drug-likeness (QED) is 0.443. The van der Waals surface area contributed by atoms with E-state index in [9.17, 15) is 4.79 Å². The molecule has 2 aromatic rings. The largest absolute Gasteiger partial charge is 0.383 e. The standard InChI is InChI=1S/C14H17ClIN3O2/c1-9(15)14-18-11-7-10(16)3-4-12(11)19(14)8-13(20)17-5-6-21-2/h3-4,7,9H,5-6,8H2,1-2H3,(H,17,20). The van der Waals surface area contributed by atoms with Crippen LogP contribution in [-0.4, -0.2) is 35.7 Å². The summed E-state index contributed by atoms with van der Waals surface area (Å²) in [5.41, 5.74) is 1.77. The first-order valence-corrected chi connectivity index (χ1v) is 8.10. The number of nitrogens with zero attached hydrogens (tertiary/aromatic N) is 2. The number of aromatic nitrogens is 2. The molecule has 0 aliphatic carbocycles. The van der Waals surface area contributed by atoms with Crippen molar-refractivity contribution >= 4 is 51.1 Å². The SMILES string of the molecule is COCCNC(=O)Cn1c(C(C)Cl)nc2cc(I)ccc21. The minimum atomic E-state index is -0.262. The Hall–Kier alpha value is -0.860. The van der Waals surface area contributed by atoms with Gasteiger partial charge in [0.2, 0.25) is 5.91 Å². The van der Waals surface area contributed by atoms with Crippen molar-refractivity contribution in [3.05, 3.63) is 27.6 Å². The number of hydrogen-bond donors (Lipinski definition) is 1. The third kappa shape index (κ3) is 4.08. The normalized spacial score (nSPS) is 12.6. The van der Waals surface area contributed by atoms with E-state index in [1.54, 1.807) is 7.11 Å². The third-order valence-electron chi connectivity index (χ3n) is 3.03. The number of hydrogen-bond acceptors (Lipinski definition) is 3. The summed E-state index contributed by atoms with van der Waals surface area (Å²) in [5.74, 6) is 0.624. The fourth-order valence-corrected chi connectivity index (χ4v) is 2.72. The summed E-state index contributed by atoms with van der Waals surface area (Å²) in [4.78, 5) is 16.6. The van der Waals surface area contributed by atoms with Gasteiger partial charge in [0.1, 0.15) is 12.4 Å². The molecule has 1 amide bonds. The molecule has 0 radical (unpaired) electrons. The zero-order chi connectivity index (χ0) is 15.4. The molecular weight excluding hydrogens is 405 g/mol. The molecule has 0 saturated carbocycles. The molecular formula is C14H17ClIN3O2. The van der Waals surface area contributed by atoms with Crippen molar-refractivity contribution in [2.75, 3.05) is 20.3 Å². The van der Waals surface area contributed by atoms with Crippen molar-refractivity contribution in [2.45, 2.75) is 18.8 Å². The minimum Gasteiger partial charge on any atom is -0.383 e. The Morgan fingerprint density at radius 3 is 3.00 bits per heavy atom. The molecule has 0 aliphatic rings. The highest BCUT2D eigenvalue weighted by atomic mass is 127. The van der Waals surface area contributed by atoms with E-state index in [2.05, 4.69) is 32.9 Å². The van der Waals surface area contributed by atoms with E-state index in [0.717, 1.165) is 14.6 Å². The maximum absolute atomic E-state index is 12.0. The molecule has 1 N–H and O–H groups in total. The van der Waals surface area contributed by atoms with Crippen LogP contribution in [0.2, 0.25) is 0 Å². The van der Waals surface area contributed by atoms with Gasteiger partial charge in [0.05, 0.1) is 23.0 Å². The Morgan fingerprint density at radius 2 is 2.33 bits per heavy atom. The van der Waals surface area contributed by atoms with Gasteiger partial charge in [-0.3, -0.25) is 4.79 Å². The Balaban J connectivity index is 2.28. The molecule has 0 spiro atoms. The van der Waals surface area contributed by atoms with Crippen molar-refractivity contribution in [1.82, 2.24) is 14.9 Å². The van der Waals surface area contributed by atoms with Crippen molar-refractivity contribution in [2.24, 2.45) is 0 Å². The van der Waals surface area contributed by atoms with Gasteiger partial charge in [-0.25, -0.2) is 4.98 Å². The first-order valence-electron chi connectivity index (χ1n) is 6.58. The number of alkyl halides is 1. The predicted octanol–water partition coefficient (Wildman–Crippen LogP) is 2.70. The maximum Gasteiger partial charge on any atom is 0.240 e. The number of amides is 1. The van der Waals surface area contributed by atoms with Crippen LogP contribution in [0.25, 0.3) is 11.0 Å². The topological polar surface area (TPSA) is 56.1 Å². The number of carbonyl (C=O) groups excluding carboxylic acids is 1. The molecule has 114 valence electrons. The van der Waals surface area contributed by atoms with Gasteiger partial charge in [0.15, 0.2) is 0 Å². The monoisotopic (exact) mass is 421 g/mol. The molecule has 2 rings (SSSR count). The van der Waals surface area contributed by atoms with Crippen LogP contribution in [0.15, 0.2) is 18.2 Å². The van der Waals surface area contributed by atoms with Crippen molar-refractivity contribution in [3.63, 3.8) is 0 Å². The fraction of sp³-hybridized carbons (Fsp3) is 0.429. The second-order valence-electron chi connectivity index (χ2n) is 4.65. The summed E-state index contributed by atoms with van der Waals surface area (Å²) in [6.45, 7) is 3.04. The average Bonchev–Trinajstić information content (AvgIpc) is 2.77. The summed E-state index contributed by atoms with van der Waals surface area (Å²) < 4.78 is 7.88. The highest BCUT2D eigenvalue weighted by molar-refractivity contribution is 14.1. The lowest BCUT2D eigenvalue weighted by Gasteiger charge is -2.10. The maximum atomic E-state index is 12.0. The molecule has 0 aliphatic heterocycles. The van der Waals surface area contributed by atoms with Crippen molar-refractivity contribution < 1.29 is 9.53 Å². The van der Waals surface area contributed by atoms with Crippen LogP contribution >= 0.6 is 34.2 Å². The van der Waals surface area contributed by atoms with Gasteiger partial charge in [0, 0.05) is 17.2 Å².